The number of allylic oxidation sites excluding steroid dienone is 4. The summed E-state index contributed by atoms with van der Waals surface area (Å²) >= 11 is 0. The van der Waals surface area contributed by atoms with E-state index in [-0.39, 0.29) is 5.78 Å². The molecular weight excluding hydrogens is 296 g/mol. The molecule has 0 aromatic heterocycles. The number of carbonyl (C=O) groups is 1. The van der Waals surface area contributed by atoms with Crippen molar-refractivity contribution >= 4 is 5.78 Å². The Morgan fingerprint density at radius 2 is 1.96 bits per heavy atom. The second-order valence-corrected chi connectivity index (χ2v) is 6.39. The zero-order valence-corrected chi connectivity index (χ0v) is 14.6. The molecule has 0 atom stereocenters. The third kappa shape index (κ3) is 5.20. The first-order valence-corrected chi connectivity index (χ1v) is 8.68. The van der Waals surface area contributed by atoms with Gasteiger partial charge in [-0.1, -0.05) is 49.1 Å². The first-order chi connectivity index (χ1) is 11.6. The smallest absolute Gasteiger partial charge is 0.178 e. The van der Waals surface area contributed by atoms with E-state index in [1.165, 1.54) is 5.56 Å². The van der Waals surface area contributed by atoms with Crippen LogP contribution in [0.4, 0.5) is 0 Å². The number of piperidine rings is 1. The molecule has 1 saturated heterocycles. The number of nitrogens with two attached hydrogens (primary N) is 1. The average molecular weight is 324 g/mol. The lowest BCUT2D eigenvalue weighted by Gasteiger charge is -2.31. The number of nitrogens with zero attached hydrogens (tertiary/aromatic N) is 1. The lowest BCUT2D eigenvalue weighted by atomic mass is 9.90. The lowest BCUT2D eigenvalue weighted by molar-refractivity contribution is -0.116. The van der Waals surface area contributed by atoms with Crippen molar-refractivity contribution in [1.29, 1.82) is 0 Å². The van der Waals surface area contributed by atoms with Gasteiger partial charge < -0.3 is 5.73 Å². The minimum atomic E-state index is 0.0759. The maximum atomic E-state index is 12.5. The van der Waals surface area contributed by atoms with Crippen LogP contribution in [0.1, 0.15) is 25.3 Å². The Labute approximate surface area is 145 Å². The molecule has 3 nitrogen and oxygen atoms in total. The van der Waals surface area contributed by atoms with Crippen molar-refractivity contribution in [1.82, 2.24) is 4.90 Å². The van der Waals surface area contributed by atoms with Gasteiger partial charge in [0.05, 0.1) is 6.54 Å². The number of carbonyl (C=O) groups excluding carboxylic acids is 1. The van der Waals surface area contributed by atoms with Gasteiger partial charge in [-0.3, -0.25) is 9.69 Å². The molecule has 1 aliphatic heterocycles. The summed E-state index contributed by atoms with van der Waals surface area (Å²) in [6, 6.07) is 10.7. The van der Waals surface area contributed by atoms with Gasteiger partial charge in [0.25, 0.3) is 0 Å². The predicted molar refractivity (Wildman–Crippen MR) is 101 cm³/mol. The van der Waals surface area contributed by atoms with E-state index < -0.39 is 0 Å². The zero-order chi connectivity index (χ0) is 17.4. The topological polar surface area (TPSA) is 46.3 Å². The molecular formula is C21H28N2O. The summed E-state index contributed by atoms with van der Waals surface area (Å²) in [6.07, 6.45) is 8.51. The molecule has 0 spiro atoms. The Hall–Kier alpha value is -2.13. The maximum Gasteiger partial charge on any atom is 0.178 e. The normalized spacial score (nSPS) is 17.7. The number of hydrogen-bond donors (Lipinski definition) is 1. The molecule has 0 bridgehead atoms. The van der Waals surface area contributed by atoms with Crippen molar-refractivity contribution in [2.75, 3.05) is 19.6 Å². The molecule has 128 valence electrons. The minimum Gasteiger partial charge on any atom is -0.398 e. The van der Waals surface area contributed by atoms with Crippen LogP contribution < -0.4 is 5.73 Å². The summed E-state index contributed by atoms with van der Waals surface area (Å²) in [6.45, 7) is 7.90. The molecule has 24 heavy (non-hydrogen) atoms. The quantitative estimate of drug-likeness (QED) is 0.617. The third-order valence-electron chi connectivity index (χ3n) is 4.65. The van der Waals surface area contributed by atoms with Gasteiger partial charge in [0.2, 0.25) is 0 Å². The molecule has 0 radical (unpaired) electrons. The van der Waals surface area contributed by atoms with Crippen LogP contribution in [0.25, 0.3) is 0 Å². The SMILES string of the molecule is C=C/C=C(C(=O)CN1CCC(Cc2ccccc2)CC1)\C(N)=C/C. The van der Waals surface area contributed by atoms with Crippen LogP contribution in [-0.4, -0.2) is 30.3 Å². The van der Waals surface area contributed by atoms with E-state index in [9.17, 15) is 4.79 Å². The van der Waals surface area contributed by atoms with Gasteiger partial charge in [0.1, 0.15) is 0 Å². The highest BCUT2D eigenvalue weighted by Gasteiger charge is 2.22. The van der Waals surface area contributed by atoms with Crippen molar-refractivity contribution in [3.05, 3.63) is 72.0 Å². The molecule has 1 heterocycles. The van der Waals surface area contributed by atoms with Crippen LogP contribution in [0, 0.1) is 5.92 Å². The van der Waals surface area contributed by atoms with Crippen LogP contribution in [0.15, 0.2) is 66.4 Å². The molecule has 0 amide bonds. The first kappa shape index (κ1) is 18.2. The predicted octanol–water partition coefficient (Wildman–Crippen LogP) is 3.49. The Morgan fingerprint density at radius 1 is 1.29 bits per heavy atom. The molecule has 0 aliphatic carbocycles. The highest BCUT2D eigenvalue weighted by molar-refractivity contribution is 6.00. The summed E-state index contributed by atoms with van der Waals surface area (Å²) in [5.41, 5.74) is 8.42. The van der Waals surface area contributed by atoms with Crippen LogP contribution in [0.5, 0.6) is 0 Å². The molecule has 1 aliphatic rings. The van der Waals surface area contributed by atoms with Crippen molar-refractivity contribution < 1.29 is 4.79 Å². The standard InChI is InChI=1S/C21H28N2O/c1-3-8-19(20(22)4-2)21(24)16-23-13-11-18(12-14-23)15-17-9-6-5-7-10-17/h3-10,18H,1,11-16,22H2,2H3/b19-8+,20-4+. The van der Waals surface area contributed by atoms with Gasteiger partial charge in [-0.2, -0.15) is 0 Å². The van der Waals surface area contributed by atoms with Gasteiger partial charge in [-0.05, 0) is 56.8 Å². The molecule has 1 fully saturated rings. The fourth-order valence-electron chi connectivity index (χ4n) is 3.21. The summed E-state index contributed by atoms with van der Waals surface area (Å²) in [7, 11) is 0. The average Bonchev–Trinajstić information content (AvgIpc) is 2.61. The first-order valence-electron chi connectivity index (χ1n) is 8.68. The number of Topliss-reactive ketones (excluding diaryl/α,β-unsaturated/α-hetero) is 1. The Morgan fingerprint density at radius 3 is 2.54 bits per heavy atom. The molecule has 3 heteroatoms. The molecule has 0 saturated carbocycles. The number of rotatable bonds is 7. The lowest BCUT2D eigenvalue weighted by Crippen LogP contribution is -2.38. The Balaban J connectivity index is 1.85. The molecule has 1 aromatic carbocycles. The highest BCUT2D eigenvalue weighted by atomic mass is 16.1. The minimum absolute atomic E-state index is 0.0759. The summed E-state index contributed by atoms with van der Waals surface area (Å²) in [5.74, 6) is 0.787. The Kier molecular flexibility index (Phi) is 7.01. The van der Waals surface area contributed by atoms with Crippen molar-refractivity contribution in [2.24, 2.45) is 11.7 Å². The van der Waals surface area contributed by atoms with E-state index in [1.807, 2.05) is 6.92 Å². The van der Waals surface area contributed by atoms with Crippen molar-refractivity contribution in [3.63, 3.8) is 0 Å². The van der Waals surface area contributed by atoms with Gasteiger partial charge >= 0.3 is 0 Å². The summed E-state index contributed by atoms with van der Waals surface area (Å²) in [5, 5.41) is 0. The monoisotopic (exact) mass is 324 g/mol. The van der Waals surface area contributed by atoms with Gasteiger partial charge in [0.15, 0.2) is 5.78 Å². The van der Waals surface area contributed by atoms with E-state index in [4.69, 9.17) is 5.73 Å². The van der Waals surface area contributed by atoms with Crippen molar-refractivity contribution in [2.45, 2.75) is 26.2 Å². The van der Waals surface area contributed by atoms with Crippen LogP contribution >= 0.6 is 0 Å². The number of likely N-dealkylation sites (tertiary alicyclic amines) is 1. The zero-order valence-electron chi connectivity index (χ0n) is 14.6. The number of hydrogen-bond acceptors (Lipinski definition) is 3. The van der Waals surface area contributed by atoms with Gasteiger partial charge in [-0.25, -0.2) is 0 Å². The Bertz CT molecular complexity index is 608. The molecule has 0 unspecified atom stereocenters. The second kappa shape index (κ2) is 9.24. The van der Waals surface area contributed by atoms with Crippen LogP contribution in [-0.2, 0) is 11.2 Å². The van der Waals surface area contributed by atoms with Crippen LogP contribution in [0.3, 0.4) is 0 Å². The number of benzene rings is 1. The highest BCUT2D eigenvalue weighted by Crippen LogP contribution is 2.22. The van der Waals surface area contributed by atoms with E-state index in [2.05, 4.69) is 41.8 Å². The van der Waals surface area contributed by atoms with E-state index in [0.29, 0.717) is 23.7 Å². The molecule has 2 N–H and O–H groups in total. The molecule has 1 aromatic rings. The van der Waals surface area contributed by atoms with E-state index >= 15 is 0 Å². The van der Waals surface area contributed by atoms with E-state index in [0.717, 1.165) is 32.4 Å². The maximum absolute atomic E-state index is 12.5. The van der Waals surface area contributed by atoms with Crippen LogP contribution in [0.2, 0.25) is 0 Å². The number of ketones is 1. The van der Waals surface area contributed by atoms with E-state index in [1.54, 1.807) is 18.2 Å². The summed E-state index contributed by atoms with van der Waals surface area (Å²) < 4.78 is 0. The largest absolute Gasteiger partial charge is 0.398 e. The third-order valence-corrected chi connectivity index (χ3v) is 4.65. The van der Waals surface area contributed by atoms with Gasteiger partial charge in [0, 0.05) is 11.3 Å². The fourth-order valence-corrected chi connectivity index (χ4v) is 3.21. The molecule has 2 rings (SSSR count). The fraction of sp³-hybridized carbons (Fsp3) is 0.381. The van der Waals surface area contributed by atoms with Gasteiger partial charge in [-0.15, -0.1) is 0 Å². The summed E-state index contributed by atoms with van der Waals surface area (Å²) in [4.78, 5) is 14.7. The van der Waals surface area contributed by atoms with Crippen molar-refractivity contribution in [3.8, 4) is 0 Å². The second-order valence-electron chi connectivity index (χ2n) is 6.39.